The zero-order chi connectivity index (χ0) is 15.3. The van der Waals surface area contributed by atoms with Crippen molar-refractivity contribution in [2.24, 2.45) is 5.90 Å². The quantitative estimate of drug-likeness (QED) is 0.386. The van der Waals surface area contributed by atoms with Crippen LogP contribution in [0.2, 0.25) is 0 Å². The molecule has 0 spiro atoms. The van der Waals surface area contributed by atoms with Crippen molar-refractivity contribution >= 4 is 5.97 Å². The molecule has 0 atom stereocenters. The topological polar surface area (TPSA) is 70.1 Å². The fraction of sp³-hybridized carbons (Fsp3) is 0.625. The summed E-state index contributed by atoms with van der Waals surface area (Å²) in [6.45, 7) is 3.10. The molecule has 0 fully saturated rings. The maximum absolute atomic E-state index is 11.0. The molecule has 0 unspecified atom stereocenters. The summed E-state index contributed by atoms with van der Waals surface area (Å²) in [6.07, 6.45) is 16.0. The van der Waals surface area contributed by atoms with E-state index in [0.717, 1.165) is 25.8 Å². The molecule has 0 radical (unpaired) electrons. The van der Waals surface area contributed by atoms with E-state index in [-0.39, 0.29) is 5.97 Å². The van der Waals surface area contributed by atoms with Crippen molar-refractivity contribution in [1.82, 2.24) is 9.55 Å². The smallest absolute Gasteiger partial charge is 0.324 e. The van der Waals surface area contributed by atoms with Gasteiger partial charge in [-0.05, 0) is 25.7 Å². The highest BCUT2D eigenvalue weighted by Crippen LogP contribution is 2.14. The van der Waals surface area contributed by atoms with Gasteiger partial charge in [-0.1, -0.05) is 37.8 Å². The van der Waals surface area contributed by atoms with Gasteiger partial charge in [-0.15, -0.1) is 0 Å². The van der Waals surface area contributed by atoms with Gasteiger partial charge in [-0.25, -0.2) is 4.98 Å². The molecule has 0 bridgehead atoms. The first-order valence-corrected chi connectivity index (χ1v) is 7.79. The van der Waals surface area contributed by atoms with E-state index in [9.17, 15) is 4.79 Å². The van der Waals surface area contributed by atoms with E-state index in [1.807, 2.05) is 12.5 Å². The van der Waals surface area contributed by atoms with E-state index >= 15 is 0 Å². The van der Waals surface area contributed by atoms with Crippen molar-refractivity contribution in [2.75, 3.05) is 0 Å². The van der Waals surface area contributed by atoms with Gasteiger partial charge >= 0.3 is 5.97 Å². The standard InChI is InChI=1S/C16H27N3O2/c1-2-3-4-5-8-15(13-19-12-11-18-14-19)9-6-7-10-16(20)21-17/h9,11-12,14H,2-8,10,13,17H2,1H3. The van der Waals surface area contributed by atoms with Crippen LogP contribution in [0.15, 0.2) is 30.4 Å². The van der Waals surface area contributed by atoms with Gasteiger partial charge in [-0.3, -0.25) is 4.79 Å². The molecule has 118 valence electrons. The van der Waals surface area contributed by atoms with Gasteiger partial charge < -0.3 is 9.40 Å². The minimum atomic E-state index is -0.345. The van der Waals surface area contributed by atoms with Crippen LogP contribution in [0.25, 0.3) is 0 Å². The summed E-state index contributed by atoms with van der Waals surface area (Å²) in [6, 6.07) is 0. The zero-order valence-corrected chi connectivity index (χ0v) is 13.0. The summed E-state index contributed by atoms with van der Waals surface area (Å²) >= 11 is 0. The largest absolute Gasteiger partial charge is 0.373 e. The van der Waals surface area contributed by atoms with Crippen LogP contribution in [0.5, 0.6) is 0 Å². The lowest BCUT2D eigenvalue weighted by molar-refractivity contribution is -0.144. The summed E-state index contributed by atoms with van der Waals surface area (Å²) in [5, 5.41) is 0. The van der Waals surface area contributed by atoms with Crippen LogP contribution in [-0.4, -0.2) is 15.5 Å². The Kier molecular flexibility index (Phi) is 9.20. The molecule has 0 aromatic carbocycles. The van der Waals surface area contributed by atoms with E-state index in [1.165, 1.54) is 31.3 Å². The highest BCUT2D eigenvalue weighted by molar-refractivity contribution is 5.68. The highest BCUT2D eigenvalue weighted by atomic mass is 16.7. The molecule has 2 N–H and O–H groups in total. The van der Waals surface area contributed by atoms with E-state index in [2.05, 4.69) is 27.4 Å². The van der Waals surface area contributed by atoms with Crippen LogP contribution in [0.1, 0.15) is 58.3 Å². The Morgan fingerprint density at radius 2 is 2.14 bits per heavy atom. The summed E-state index contributed by atoms with van der Waals surface area (Å²) in [4.78, 5) is 19.2. The number of nitrogens with two attached hydrogens (primary N) is 1. The molecule has 0 aliphatic heterocycles. The third-order valence-electron chi connectivity index (χ3n) is 3.45. The molecule has 21 heavy (non-hydrogen) atoms. The maximum Gasteiger partial charge on any atom is 0.324 e. The van der Waals surface area contributed by atoms with Gasteiger partial charge in [0.15, 0.2) is 0 Å². The third kappa shape index (κ3) is 8.30. The molecule has 1 rings (SSSR count). The van der Waals surface area contributed by atoms with Crippen molar-refractivity contribution < 1.29 is 9.63 Å². The fourth-order valence-electron chi connectivity index (χ4n) is 2.25. The average molecular weight is 293 g/mol. The Morgan fingerprint density at radius 1 is 1.29 bits per heavy atom. The number of carbonyl (C=O) groups is 1. The molecule has 0 amide bonds. The van der Waals surface area contributed by atoms with Gasteiger partial charge in [0.1, 0.15) is 0 Å². The van der Waals surface area contributed by atoms with E-state index in [1.54, 1.807) is 6.20 Å². The summed E-state index contributed by atoms with van der Waals surface area (Å²) in [5.41, 5.74) is 1.41. The lowest BCUT2D eigenvalue weighted by atomic mass is 10.0. The monoisotopic (exact) mass is 293 g/mol. The van der Waals surface area contributed by atoms with E-state index in [0.29, 0.717) is 6.42 Å². The second-order valence-corrected chi connectivity index (χ2v) is 5.29. The SMILES string of the molecule is CCCCCCC(=CCCCC(=O)ON)Cn1ccnc1. The van der Waals surface area contributed by atoms with Crippen molar-refractivity contribution in [3.8, 4) is 0 Å². The van der Waals surface area contributed by atoms with Gasteiger partial charge in [0, 0.05) is 25.4 Å². The van der Waals surface area contributed by atoms with E-state index < -0.39 is 0 Å². The number of rotatable bonds is 11. The summed E-state index contributed by atoms with van der Waals surface area (Å²) in [7, 11) is 0. The molecule has 5 nitrogen and oxygen atoms in total. The van der Waals surface area contributed by atoms with Gasteiger partial charge in [-0.2, -0.15) is 5.90 Å². The van der Waals surface area contributed by atoms with Crippen molar-refractivity contribution in [1.29, 1.82) is 0 Å². The number of imidazole rings is 1. The number of hydrogen-bond donors (Lipinski definition) is 1. The van der Waals surface area contributed by atoms with Crippen LogP contribution in [0.3, 0.4) is 0 Å². The molecule has 0 aliphatic rings. The normalized spacial score (nSPS) is 11.6. The Balaban J connectivity index is 2.40. The first kappa shape index (κ1) is 17.4. The number of aromatic nitrogens is 2. The predicted octanol–water partition coefficient (Wildman–Crippen LogP) is 3.37. The summed E-state index contributed by atoms with van der Waals surface area (Å²) in [5.74, 6) is 4.48. The molecular formula is C16H27N3O2. The van der Waals surface area contributed by atoms with E-state index in [4.69, 9.17) is 5.90 Å². The first-order valence-electron chi connectivity index (χ1n) is 7.79. The van der Waals surface area contributed by atoms with Crippen LogP contribution >= 0.6 is 0 Å². The Labute approximate surface area is 127 Å². The van der Waals surface area contributed by atoms with Crippen LogP contribution in [0.4, 0.5) is 0 Å². The van der Waals surface area contributed by atoms with Gasteiger partial charge in [0.2, 0.25) is 0 Å². The molecular weight excluding hydrogens is 266 g/mol. The molecule has 1 heterocycles. The second kappa shape index (κ2) is 11.1. The number of carbonyl (C=O) groups excluding carboxylic acids is 1. The molecule has 5 heteroatoms. The fourth-order valence-corrected chi connectivity index (χ4v) is 2.25. The Morgan fingerprint density at radius 3 is 2.81 bits per heavy atom. The van der Waals surface area contributed by atoms with Crippen LogP contribution in [-0.2, 0) is 16.2 Å². The Hall–Kier alpha value is -1.62. The molecule has 0 aliphatic carbocycles. The lowest BCUT2D eigenvalue weighted by Crippen LogP contribution is -2.08. The number of hydrogen-bond acceptors (Lipinski definition) is 4. The average Bonchev–Trinajstić information content (AvgIpc) is 3.00. The van der Waals surface area contributed by atoms with Crippen molar-refractivity contribution in [3.63, 3.8) is 0 Å². The molecule has 1 aromatic heterocycles. The maximum atomic E-state index is 11.0. The second-order valence-electron chi connectivity index (χ2n) is 5.29. The van der Waals surface area contributed by atoms with Crippen LogP contribution in [0, 0.1) is 0 Å². The zero-order valence-electron chi connectivity index (χ0n) is 13.0. The minimum Gasteiger partial charge on any atom is -0.373 e. The Bertz CT molecular complexity index is 413. The third-order valence-corrected chi connectivity index (χ3v) is 3.45. The molecule has 1 aromatic rings. The lowest BCUT2D eigenvalue weighted by Gasteiger charge is -2.09. The van der Waals surface area contributed by atoms with Crippen LogP contribution < -0.4 is 5.90 Å². The summed E-state index contributed by atoms with van der Waals surface area (Å²) < 4.78 is 2.08. The number of allylic oxidation sites excluding steroid dienone is 2. The van der Waals surface area contributed by atoms with Gasteiger partial charge in [0.05, 0.1) is 6.33 Å². The van der Waals surface area contributed by atoms with Gasteiger partial charge in [0.25, 0.3) is 0 Å². The highest BCUT2D eigenvalue weighted by Gasteiger charge is 2.02. The predicted molar refractivity (Wildman–Crippen MR) is 83.2 cm³/mol. The minimum absolute atomic E-state index is 0.345. The number of unbranched alkanes of at least 4 members (excludes halogenated alkanes) is 4. The first-order chi connectivity index (χ1) is 10.3. The molecule has 0 saturated carbocycles. The van der Waals surface area contributed by atoms with Crippen molar-refractivity contribution in [2.45, 2.75) is 64.8 Å². The molecule has 0 saturated heterocycles. The number of nitrogens with zero attached hydrogens (tertiary/aromatic N) is 2. The van der Waals surface area contributed by atoms with Crippen molar-refractivity contribution in [3.05, 3.63) is 30.4 Å².